The van der Waals surface area contributed by atoms with Crippen molar-refractivity contribution in [2.45, 2.75) is 25.6 Å². The molecule has 0 spiro atoms. The molecule has 3 nitrogen and oxygen atoms in total. The van der Waals surface area contributed by atoms with E-state index in [-0.39, 0.29) is 6.04 Å². The molecule has 14 heavy (non-hydrogen) atoms. The predicted octanol–water partition coefficient (Wildman–Crippen LogP) is 0.759. The van der Waals surface area contributed by atoms with Gasteiger partial charge in [0.1, 0.15) is 6.42 Å². The molecule has 0 aliphatic carbocycles. The van der Waals surface area contributed by atoms with Crippen LogP contribution in [0.2, 0.25) is 0 Å². The Morgan fingerprint density at radius 2 is 2.07 bits per heavy atom. The second-order valence-electron chi connectivity index (χ2n) is 3.28. The third kappa shape index (κ3) is 2.87. The van der Waals surface area contributed by atoms with Crippen LogP contribution < -0.4 is 5.32 Å². The van der Waals surface area contributed by atoms with E-state index in [1.54, 1.807) is 6.92 Å². The van der Waals surface area contributed by atoms with Crippen LogP contribution in [0.3, 0.4) is 0 Å². The van der Waals surface area contributed by atoms with Gasteiger partial charge in [-0.15, -0.1) is 0 Å². The van der Waals surface area contributed by atoms with Gasteiger partial charge in [-0.2, -0.15) is 13.2 Å². The molecule has 1 saturated heterocycles. The minimum Gasteiger partial charge on any atom is -0.337 e. The highest BCUT2D eigenvalue weighted by molar-refractivity contribution is 5.77. The first kappa shape index (κ1) is 11.3. The molecule has 82 valence electrons. The van der Waals surface area contributed by atoms with Crippen LogP contribution in [0.4, 0.5) is 13.2 Å². The molecule has 0 unspecified atom stereocenters. The van der Waals surface area contributed by atoms with E-state index >= 15 is 0 Å². The first-order chi connectivity index (χ1) is 6.44. The van der Waals surface area contributed by atoms with E-state index in [1.807, 2.05) is 0 Å². The molecule has 1 N–H and O–H groups in total. The SMILES string of the molecule is CCN(C(=O)CC(F)(F)F)C1CNC1. The van der Waals surface area contributed by atoms with Crippen LogP contribution in [0, 0.1) is 0 Å². The van der Waals surface area contributed by atoms with Crippen molar-refractivity contribution in [1.82, 2.24) is 10.2 Å². The highest BCUT2D eigenvalue weighted by atomic mass is 19.4. The molecule has 1 amide bonds. The van der Waals surface area contributed by atoms with E-state index < -0.39 is 18.5 Å². The summed E-state index contributed by atoms with van der Waals surface area (Å²) in [5, 5.41) is 2.92. The predicted molar refractivity (Wildman–Crippen MR) is 44.7 cm³/mol. The van der Waals surface area contributed by atoms with Crippen LogP contribution >= 0.6 is 0 Å². The third-order valence-electron chi connectivity index (χ3n) is 2.21. The van der Waals surface area contributed by atoms with Gasteiger partial charge in [-0.05, 0) is 6.92 Å². The Morgan fingerprint density at radius 1 is 1.50 bits per heavy atom. The van der Waals surface area contributed by atoms with E-state index in [0.717, 1.165) is 0 Å². The summed E-state index contributed by atoms with van der Waals surface area (Å²) >= 11 is 0. The van der Waals surface area contributed by atoms with E-state index in [0.29, 0.717) is 19.6 Å². The number of likely N-dealkylation sites (N-methyl/N-ethyl adjacent to an activating group) is 1. The van der Waals surface area contributed by atoms with E-state index in [1.165, 1.54) is 4.90 Å². The summed E-state index contributed by atoms with van der Waals surface area (Å²) in [6.07, 6.45) is -5.75. The van der Waals surface area contributed by atoms with Crippen molar-refractivity contribution in [3.05, 3.63) is 0 Å². The minimum atomic E-state index is -4.40. The normalized spacial score (nSPS) is 17.7. The highest BCUT2D eigenvalue weighted by Gasteiger charge is 2.36. The first-order valence-corrected chi connectivity index (χ1v) is 4.51. The number of nitrogens with one attached hydrogen (secondary N) is 1. The molecule has 1 heterocycles. The monoisotopic (exact) mass is 210 g/mol. The number of amides is 1. The van der Waals surface area contributed by atoms with Crippen LogP contribution in [-0.4, -0.2) is 42.7 Å². The molecule has 0 aromatic carbocycles. The lowest BCUT2D eigenvalue weighted by molar-refractivity contribution is -0.163. The average Bonchev–Trinajstić information content (AvgIpc) is 1.92. The number of rotatable bonds is 3. The molecule has 0 atom stereocenters. The Kier molecular flexibility index (Phi) is 3.36. The number of carbonyl (C=O) groups excluding carboxylic acids is 1. The number of hydrogen-bond donors (Lipinski definition) is 1. The Labute approximate surface area is 80.3 Å². The summed E-state index contributed by atoms with van der Waals surface area (Å²) < 4.78 is 35.8. The quantitative estimate of drug-likeness (QED) is 0.745. The maximum atomic E-state index is 11.9. The van der Waals surface area contributed by atoms with Gasteiger partial charge < -0.3 is 10.2 Å². The molecule has 0 radical (unpaired) electrons. The highest BCUT2D eigenvalue weighted by Crippen LogP contribution is 2.21. The standard InChI is InChI=1S/C8H13F3N2O/c1-2-13(6-4-12-5-6)7(14)3-8(9,10)11/h6,12H,2-5H2,1H3. The summed E-state index contributed by atoms with van der Waals surface area (Å²) in [4.78, 5) is 12.5. The lowest BCUT2D eigenvalue weighted by Gasteiger charge is -2.37. The van der Waals surface area contributed by atoms with E-state index in [9.17, 15) is 18.0 Å². The summed E-state index contributed by atoms with van der Waals surface area (Å²) in [7, 11) is 0. The third-order valence-corrected chi connectivity index (χ3v) is 2.21. The van der Waals surface area contributed by atoms with Crippen LogP contribution in [-0.2, 0) is 4.79 Å². The molecule has 1 aliphatic rings. The molecular weight excluding hydrogens is 197 g/mol. The lowest BCUT2D eigenvalue weighted by atomic mass is 10.1. The maximum absolute atomic E-state index is 11.9. The fourth-order valence-electron chi connectivity index (χ4n) is 1.41. The Hall–Kier alpha value is -0.780. The summed E-state index contributed by atoms with van der Waals surface area (Å²) in [5.74, 6) is -0.827. The molecule has 0 aromatic rings. The Bertz CT molecular complexity index is 213. The fourth-order valence-corrected chi connectivity index (χ4v) is 1.41. The van der Waals surface area contributed by atoms with E-state index in [4.69, 9.17) is 0 Å². The van der Waals surface area contributed by atoms with Crippen molar-refractivity contribution in [3.8, 4) is 0 Å². The van der Waals surface area contributed by atoms with Crippen molar-refractivity contribution in [2.24, 2.45) is 0 Å². The Balaban J connectivity index is 2.47. The average molecular weight is 210 g/mol. The van der Waals surface area contributed by atoms with Crippen LogP contribution in [0.25, 0.3) is 0 Å². The van der Waals surface area contributed by atoms with Crippen LogP contribution in [0.15, 0.2) is 0 Å². The fraction of sp³-hybridized carbons (Fsp3) is 0.875. The van der Waals surface area contributed by atoms with Gasteiger partial charge in [0.05, 0.1) is 6.04 Å². The Morgan fingerprint density at radius 3 is 2.36 bits per heavy atom. The molecule has 0 saturated carbocycles. The van der Waals surface area contributed by atoms with Gasteiger partial charge >= 0.3 is 6.18 Å². The molecule has 0 aromatic heterocycles. The number of alkyl halides is 3. The van der Waals surface area contributed by atoms with Crippen molar-refractivity contribution >= 4 is 5.91 Å². The first-order valence-electron chi connectivity index (χ1n) is 4.51. The summed E-state index contributed by atoms with van der Waals surface area (Å²) in [6.45, 7) is 3.21. The van der Waals surface area contributed by atoms with Gasteiger partial charge in [0, 0.05) is 19.6 Å². The van der Waals surface area contributed by atoms with Crippen molar-refractivity contribution in [1.29, 1.82) is 0 Å². The van der Waals surface area contributed by atoms with Crippen molar-refractivity contribution < 1.29 is 18.0 Å². The zero-order valence-electron chi connectivity index (χ0n) is 7.90. The molecular formula is C8H13F3N2O. The topological polar surface area (TPSA) is 32.3 Å². The van der Waals surface area contributed by atoms with Gasteiger partial charge in [0.25, 0.3) is 0 Å². The number of carbonyl (C=O) groups is 1. The summed E-state index contributed by atoms with van der Waals surface area (Å²) in [5.41, 5.74) is 0. The van der Waals surface area contributed by atoms with Crippen LogP contribution in [0.5, 0.6) is 0 Å². The number of halogens is 3. The zero-order valence-corrected chi connectivity index (χ0v) is 7.90. The largest absolute Gasteiger partial charge is 0.397 e. The van der Waals surface area contributed by atoms with Gasteiger partial charge in [0.15, 0.2) is 0 Å². The van der Waals surface area contributed by atoms with E-state index in [2.05, 4.69) is 5.32 Å². The number of hydrogen-bond acceptors (Lipinski definition) is 2. The minimum absolute atomic E-state index is 0.0603. The van der Waals surface area contributed by atoms with Gasteiger partial charge in [0.2, 0.25) is 5.91 Å². The maximum Gasteiger partial charge on any atom is 0.397 e. The smallest absolute Gasteiger partial charge is 0.337 e. The molecule has 1 aliphatic heterocycles. The number of nitrogens with zero attached hydrogens (tertiary/aromatic N) is 1. The lowest BCUT2D eigenvalue weighted by Crippen LogP contribution is -2.59. The molecule has 6 heteroatoms. The summed E-state index contributed by atoms with van der Waals surface area (Å²) in [6, 6.07) is -0.0603. The van der Waals surface area contributed by atoms with Gasteiger partial charge in [-0.3, -0.25) is 4.79 Å². The van der Waals surface area contributed by atoms with Crippen LogP contribution in [0.1, 0.15) is 13.3 Å². The zero-order chi connectivity index (χ0) is 10.8. The molecule has 1 fully saturated rings. The van der Waals surface area contributed by atoms with Gasteiger partial charge in [-0.1, -0.05) is 0 Å². The molecule has 0 bridgehead atoms. The second kappa shape index (κ2) is 4.16. The van der Waals surface area contributed by atoms with Crippen molar-refractivity contribution in [2.75, 3.05) is 19.6 Å². The van der Waals surface area contributed by atoms with Crippen molar-refractivity contribution in [3.63, 3.8) is 0 Å². The second-order valence-corrected chi connectivity index (χ2v) is 3.28. The molecule has 1 rings (SSSR count). The van der Waals surface area contributed by atoms with Gasteiger partial charge in [-0.25, -0.2) is 0 Å².